The van der Waals surface area contributed by atoms with Crippen LogP contribution in [-0.4, -0.2) is 69.0 Å². The molecule has 2 saturated carbocycles. The summed E-state index contributed by atoms with van der Waals surface area (Å²) < 4.78 is 12.9. The molecule has 4 aliphatic rings. The first-order valence-corrected chi connectivity index (χ1v) is 13.9. The number of nitrogens with zero attached hydrogens (tertiary/aromatic N) is 2. The number of ether oxygens (including phenoxy) is 1. The Kier molecular flexibility index (Phi) is 5.72. The van der Waals surface area contributed by atoms with E-state index in [0.717, 1.165) is 36.8 Å². The summed E-state index contributed by atoms with van der Waals surface area (Å²) >= 11 is 7.46. The average molecular weight is 515 g/mol. The van der Waals surface area contributed by atoms with Crippen LogP contribution in [0.1, 0.15) is 63.8 Å². The van der Waals surface area contributed by atoms with E-state index in [1.165, 1.54) is 11.1 Å². The summed E-state index contributed by atoms with van der Waals surface area (Å²) in [6.45, 7) is 6.41. The van der Waals surface area contributed by atoms with Crippen LogP contribution in [0.3, 0.4) is 0 Å². The van der Waals surface area contributed by atoms with Gasteiger partial charge in [-0.25, -0.2) is 4.98 Å². The molecule has 9 atom stereocenters. The van der Waals surface area contributed by atoms with Crippen LogP contribution in [0.5, 0.6) is 0 Å². The van der Waals surface area contributed by atoms with E-state index in [0.29, 0.717) is 18.7 Å². The van der Waals surface area contributed by atoms with Crippen molar-refractivity contribution in [2.24, 2.45) is 17.3 Å². The molecule has 7 heteroatoms. The van der Waals surface area contributed by atoms with Crippen molar-refractivity contribution in [3.05, 3.63) is 35.7 Å². The number of fused-ring (bicyclic) bond motifs is 5. The van der Waals surface area contributed by atoms with E-state index in [9.17, 15) is 10.2 Å². The van der Waals surface area contributed by atoms with Crippen LogP contribution in [0, 0.1) is 24.2 Å². The molecule has 6 rings (SSSR count). The summed E-state index contributed by atoms with van der Waals surface area (Å²) in [5.41, 5.74) is 3.73. The lowest BCUT2D eigenvalue weighted by Gasteiger charge is -2.63. The first-order chi connectivity index (χ1) is 17.0. The fraction of sp³-hybridized carbons (Fsp3) is 0.690. The molecule has 9 unspecified atom stereocenters. The van der Waals surface area contributed by atoms with Crippen molar-refractivity contribution in [3.8, 4) is 0 Å². The van der Waals surface area contributed by atoms with E-state index < -0.39 is 22.7 Å². The maximum absolute atomic E-state index is 11.3. The van der Waals surface area contributed by atoms with Crippen LogP contribution in [0.25, 0.3) is 16.7 Å². The van der Waals surface area contributed by atoms with E-state index in [2.05, 4.69) is 37.0 Å². The lowest BCUT2D eigenvalue weighted by molar-refractivity contribution is -0.270. The molecule has 6 nitrogen and oxygen atoms in total. The fourth-order valence-electron chi connectivity index (χ4n) is 8.19. The number of aromatic nitrogens is 1. The number of allylic oxidation sites excluding steroid dienone is 2. The number of oxazole rings is 1. The van der Waals surface area contributed by atoms with Crippen molar-refractivity contribution < 1.29 is 19.4 Å². The van der Waals surface area contributed by atoms with Gasteiger partial charge >= 0.3 is 0 Å². The summed E-state index contributed by atoms with van der Waals surface area (Å²) in [4.78, 5) is 6.05. The molecule has 196 valence electrons. The van der Waals surface area contributed by atoms with Crippen LogP contribution in [-0.2, 0) is 4.74 Å². The van der Waals surface area contributed by atoms with E-state index in [1.807, 2.05) is 32.0 Å². The molecule has 2 aromatic rings. The summed E-state index contributed by atoms with van der Waals surface area (Å²) in [5, 5.41) is 22.2. The number of alkyl halides is 1. The first-order valence-electron chi connectivity index (χ1n) is 13.5. The van der Waals surface area contributed by atoms with Gasteiger partial charge in [0, 0.05) is 18.9 Å². The topological polar surface area (TPSA) is 79.0 Å². The van der Waals surface area contributed by atoms with E-state index in [4.69, 9.17) is 20.8 Å². The molecule has 1 aromatic carbocycles. The standard InChI is InChI=1S/C29H39ClN2O4/c1-6-29-15-22(32(4)5)25(34)24(33)20(29)14-28(30)12-11-27(3)18(8-9-19(27)26(28)36-29)17-7-10-23-21(13-17)31-16(2)35-23/h7-8,10,13,19-20,22,24-26,33-34H,6,9,11-12,14-15H2,1-5H3. The van der Waals surface area contributed by atoms with Crippen molar-refractivity contribution >= 4 is 28.3 Å². The van der Waals surface area contributed by atoms with Crippen molar-refractivity contribution in [2.75, 3.05) is 14.1 Å². The maximum atomic E-state index is 11.3. The highest BCUT2D eigenvalue weighted by Gasteiger charge is 2.66. The Hall–Kier alpha value is -1.44. The molecule has 3 fully saturated rings. The highest BCUT2D eigenvalue weighted by atomic mass is 35.5. The number of hydrogen-bond acceptors (Lipinski definition) is 6. The minimum absolute atomic E-state index is 0.0506. The third-order valence-corrected chi connectivity index (χ3v) is 10.9. The third-order valence-electron chi connectivity index (χ3n) is 10.3. The highest BCUT2D eigenvalue weighted by Crippen LogP contribution is 2.65. The molecule has 0 radical (unpaired) electrons. The number of aryl methyl sites for hydroxylation is 1. The Bertz CT molecular complexity index is 1210. The lowest BCUT2D eigenvalue weighted by Crippen LogP contribution is -2.71. The van der Waals surface area contributed by atoms with Gasteiger partial charge < -0.3 is 24.3 Å². The van der Waals surface area contributed by atoms with Crippen molar-refractivity contribution in [3.63, 3.8) is 0 Å². The Morgan fingerprint density at radius 3 is 2.64 bits per heavy atom. The first kappa shape index (κ1) is 24.9. The monoisotopic (exact) mass is 514 g/mol. The molecule has 2 heterocycles. The molecular formula is C29H39ClN2O4. The Morgan fingerprint density at radius 2 is 1.92 bits per heavy atom. The van der Waals surface area contributed by atoms with Crippen LogP contribution in [0.2, 0.25) is 0 Å². The largest absolute Gasteiger partial charge is 0.441 e. The van der Waals surface area contributed by atoms with Gasteiger partial charge in [0.1, 0.15) is 5.52 Å². The average Bonchev–Trinajstić information content (AvgIpc) is 3.39. The normalized spacial score (nSPS) is 44.3. The lowest BCUT2D eigenvalue weighted by atomic mass is 9.55. The molecule has 1 aliphatic heterocycles. The predicted molar refractivity (Wildman–Crippen MR) is 141 cm³/mol. The highest BCUT2D eigenvalue weighted by molar-refractivity contribution is 6.24. The van der Waals surface area contributed by atoms with Gasteiger partial charge in [-0.15, -0.1) is 11.6 Å². The molecular weight excluding hydrogens is 476 g/mol. The van der Waals surface area contributed by atoms with Crippen molar-refractivity contribution in [1.29, 1.82) is 0 Å². The van der Waals surface area contributed by atoms with Gasteiger partial charge in [0.05, 0.1) is 28.8 Å². The van der Waals surface area contributed by atoms with Gasteiger partial charge in [-0.1, -0.05) is 26.0 Å². The summed E-state index contributed by atoms with van der Waals surface area (Å²) in [7, 11) is 3.94. The number of benzene rings is 1. The number of aliphatic hydroxyl groups is 2. The third kappa shape index (κ3) is 3.41. The van der Waals surface area contributed by atoms with E-state index in [1.54, 1.807) is 0 Å². The minimum Gasteiger partial charge on any atom is -0.441 e. The van der Waals surface area contributed by atoms with Gasteiger partial charge in [-0.2, -0.15) is 0 Å². The van der Waals surface area contributed by atoms with Crippen molar-refractivity contribution in [2.45, 2.75) is 94.1 Å². The molecule has 36 heavy (non-hydrogen) atoms. The van der Waals surface area contributed by atoms with E-state index in [-0.39, 0.29) is 29.4 Å². The molecule has 0 spiro atoms. The predicted octanol–water partition coefficient (Wildman–Crippen LogP) is 4.93. The van der Waals surface area contributed by atoms with Gasteiger partial charge in [0.25, 0.3) is 0 Å². The zero-order valence-corrected chi connectivity index (χ0v) is 22.8. The van der Waals surface area contributed by atoms with Crippen LogP contribution in [0.4, 0.5) is 0 Å². The molecule has 0 amide bonds. The second-order valence-corrected chi connectivity index (χ2v) is 13.1. The van der Waals surface area contributed by atoms with Gasteiger partial charge in [-0.3, -0.25) is 0 Å². The van der Waals surface area contributed by atoms with Crippen LogP contribution in [0.15, 0.2) is 28.7 Å². The molecule has 1 aromatic heterocycles. The second-order valence-electron chi connectivity index (χ2n) is 12.3. The summed E-state index contributed by atoms with van der Waals surface area (Å²) in [6, 6.07) is 6.19. The smallest absolute Gasteiger partial charge is 0.192 e. The molecule has 1 saturated heterocycles. The number of rotatable bonds is 3. The Morgan fingerprint density at radius 1 is 1.14 bits per heavy atom. The molecule has 2 N–H and O–H groups in total. The zero-order chi connectivity index (χ0) is 25.6. The Balaban J connectivity index is 1.34. The SMILES string of the molecule is CCC12CC(N(C)C)C(O)C(O)C1CC1(Cl)CCC3(C)C(c4ccc5oc(C)nc5c4)=CCC3C1O2. The minimum atomic E-state index is -0.842. The number of halogens is 1. The number of hydrogen-bond donors (Lipinski definition) is 2. The quantitative estimate of drug-likeness (QED) is 0.566. The maximum Gasteiger partial charge on any atom is 0.192 e. The number of likely N-dealkylation sites (N-methyl/N-ethyl adjacent to an activating group) is 1. The zero-order valence-electron chi connectivity index (χ0n) is 22.0. The van der Waals surface area contributed by atoms with Gasteiger partial charge in [0.15, 0.2) is 11.5 Å². The van der Waals surface area contributed by atoms with Crippen LogP contribution < -0.4 is 0 Å². The van der Waals surface area contributed by atoms with Crippen molar-refractivity contribution in [1.82, 2.24) is 9.88 Å². The fourth-order valence-corrected chi connectivity index (χ4v) is 8.65. The van der Waals surface area contributed by atoms with Crippen LogP contribution >= 0.6 is 11.6 Å². The summed E-state index contributed by atoms with van der Waals surface area (Å²) in [5.74, 6) is 0.778. The molecule has 0 bridgehead atoms. The van der Waals surface area contributed by atoms with E-state index >= 15 is 0 Å². The second kappa shape index (κ2) is 8.28. The Labute approximate surface area is 218 Å². The van der Waals surface area contributed by atoms with Gasteiger partial charge in [-0.05, 0) is 87.2 Å². The van der Waals surface area contributed by atoms with Gasteiger partial charge in [0.2, 0.25) is 0 Å². The summed E-state index contributed by atoms with van der Waals surface area (Å²) in [6.07, 6.45) is 5.53. The molecule has 3 aliphatic carbocycles. The number of aliphatic hydroxyl groups excluding tert-OH is 2.